The van der Waals surface area contributed by atoms with Gasteiger partial charge < -0.3 is 11.1 Å². The maximum Gasteiger partial charge on any atom is 0.292 e. The zero-order chi connectivity index (χ0) is 12.8. The molecule has 1 aromatic rings. The van der Waals surface area contributed by atoms with E-state index in [0.717, 1.165) is 5.56 Å². The van der Waals surface area contributed by atoms with Gasteiger partial charge in [-0.3, -0.25) is 14.9 Å². The lowest BCUT2D eigenvalue weighted by Gasteiger charge is -1.99. The van der Waals surface area contributed by atoms with Gasteiger partial charge in [-0.2, -0.15) is 0 Å². The van der Waals surface area contributed by atoms with Crippen LogP contribution < -0.4 is 11.1 Å². The molecule has 0 heterocycles. The van der Waals surface area contributed by atoms with Gasteiger partial charge in [0.15, 0.2) is 0 Å². The Bertz CT molecular complexity index is 469. The van der Waals surface area contributed by atoms with Crippen LogP contribution in [0.15, 0.2) is 24.3 Å². The van der Waals surface area contributed by atoms with Crippen LogP contribution in [0.5, 0.6) is 0 Å². The smallest absolute Gasteiger partial charge is 0.292 e. The lowest BCUT2D eigenvalue weighted by atomic mass is 10.1. The Labute approximate surface area is 98.3 Å². The molecule has 0 aromatic heterocycles. The highest BCUT2D eigenvalue weighted by molar-refractivity contribution is 5.73. The summed E-state index contributed by atoms with van der Waals surface area (Å²) in [4.78, 5) is 20.6. The van der Waals surface area contributed by atoms with Gasteiger partial charge in [0.1, 0.15) is 5.69 Å². The second-order valence-electron chi connectivity index (χ2n) is 3.41. The number of nitrogens with zero attached hydrogens (tertiary/aromatic N) is 1. The molecule has 0 aliphatic carbocycles. The Balaban J connectivity index is 2.70. The second kappa shape index (κ2) is 5.64. The Kier molecular flexibility index (Phi) is 4.21. The van der Waals surface area contributed by atoms with E-state index in [2.05, 4.69) is 5.32 Å². The third kappa shape index (κ3) is 3.94. The minimum Gasteiger partial charge on any atom is -0.393 e. The highest BCUT2D eigenvalue weighted by Crippen LogP contribution is 2.22. The predicted octanol–water partition coefficient (Wildman–Crippen LogP) is 1.33. The number of carbonyl (C=O) groups excluding carboxylic acids is 1. The topological polar surface area (TPSA) is 98.3 Å². The summed E-state index contributed by atoms with van der Waals surface area (Å²) in [7, 11) is 0. The third-order valence-corrected chi connectivity index (χ3v) is 2.03. The van der Waals surface area contributed by atoms with E-state index in [1.165, 1.54) is 19.1 Å². The molecule has 17 heavy (non-hydrogen) atoms. The largest absolute Gasteiger partial charge is 0.393 e. The van der Waals surface area contributed by atoms with E-state index in [4.69, 9.17) is 5.73 Å². The Morgan fingerprint density at radius 2 is 2.29 bits per heavy atom. The maximum absolute atomic E-state index is 10.6. The second-order valence-corrected chi connectivity index (χ2v) is 3.41. The number of nitrogens with two attached hydrogens (primary N) is 1. The van der Waals surface area contributed by atoms with Gasteiger partial charge in [0.05, 0.1) is 4.92 Å². The SMILES string of the molecule is CC(=O)NCC=Cc1ccc([N+](=O)[O-])c(N)c1. The van der Waals surface area contributed by atoms with Crippen LogP contribution in [0.25, 0.3) is 6.08 Å². The lowest BCUT2D eigenvalue weighted by molar-refractivity contribution is -0.383. The van der Waals surface area contributed by atoms with Crippen LogP contribution in [-0.2, 0) is 4.79 Å². The zero-order valence-electron chi connectivity index (χ0n) is 9.34. The summed E-state index contributed by atoms with van der Waals surface area (Å²) in [5, 5.41) is 13.1. The van der Waals surface area contributed by atoms with E-state index in [-0.39, 0.29) is 17.3 Å². The van der Waals surface area contributed by atoms with E-state index >= 15 is 0 Å². The van der Waals surface area contributed by atoms with Crippen molar-refractivity contribution in [2.24, 2.45) is 0 Å². The maximum atomic E-state index is 10.6. The molecule has 6 nitrogen and oxygen atoms in total. The molecule has 6 heteroatoms. The van der Waals surface area contributed by atoms with Gasteiger partial charge in [0.25, 0.3) is 5.69 Å². The number of hydrogen-bond acceptors (Lipinski definition) is 4. The Morgan fingerprint density at radius 1 is 1.59 bits per heavy atom. The number of benzene rings is 1. The van der Waals surface area contributed by atoms with Gasteiger partial charge in [-0.25, -0.2) is 0 Å². The molecule has 90 valence electrons. The van der Waals surface area contributed by atoms with Crippen molar-refractivity contribution in [1.29, 1.82) is 0 Å². The summed E-state index contributed by atoms with van der Waals surface area (Å²) in [5.41, 5.74) is 6.29. The molecule has 0 radical (unpaired) electrons. The van der Waals surface area contributed by atoms with Crippen molar-refractivity contribution in [3.05, 3.63) is 40.0 Å². The van der Waals surface area contributed by atoms with Crippen LogP contribution in [0, 0.1) is 10.1 Å². The number of nitro groups is 1. The number of nitro benzene ring substituents is 1. The highest BCUT2D eigenvalue weighted by atomic mass is 16.6. The van der Waals surface area contributed by atoms with Crippen molar-refractivity contribution in [3.8, 4) is 0 Å². The average Bonchev–Trinajstić information content (AvgIpc) is 2.23. The summed E-state index contributed by atoms with van der Waals surface area (Å²) in [6, 6.07) is 4.47. The van der Waals surface area contributed by atoms with Crippen LogP contribution >= 0.6 is 0 Å². The molecule has 0 atom stereocenters. The van der Waals surface area contributed by atoms with Gasteiger partial charge in [-0.05, 0) is 17.7 Å². The third-order valence-electron chi connectivity index (χ3n) is 2.03. The first-order valence-electron chi connectivity index (χ1n) is 4.95. The van der Waals surface area contributed by atoms with Crippen molar-refractivity contribution < 1.29 is 9.72 Å². The predicted molar refractivity (Wildman–Crippen MR) is 65.2 cm³/mol. The van der Waals surface area contributed by atoms with Gasteiger partial charge in [-0.1, -0.05) is 12.2 Å². The van der Waals surface area contributed by atoms with Gasteiger partial charge in [0, 0.05) is 19.5 Å². The van der Waals surface area contributed by atoms with E-state index in [0.29, 0.717) is 6.54 Å². The van der Waals surface area contributed by atoms with Crippen LogP contribution in [-0.4, -0.2) is 17.4 Å². The van der Waals surface area contributed by atoms with Gasteiger partial charge in [0.2, 0.25) is 5.91 Å². The number of nitrogen functional groups attached to an aromatic ring is 1. The van der Waals surface area contributed by atoms with Crippen LogP contribution in [0.2, 0.25) is 0 Å². The van der Waals surface area contributed by atoms with E-state index in [1.54, 1.807) is 18.2 Å². The molecule has 0 bridgehead atoms. The summed E-state index contributed by atoms with van der Waals surface area (Å²) in [6.07, 6.45) is 3.47. The summed E-state index contributed by atoms with van der Waals surface area (Å²) >= 11 is 0. The van der Waals surface area contributed by atoms with Crippen molar-refractivity contribution in [3.63, 3.8) is 0 Å². The van der Waals surface area contributed by atoms with Crippen LogP contribution in [0.4, 0.5) is 11.4 Å². The lowest BCUT2D eigenvalue weighted by Crippen LogP contribution is -2.19. The van der Waals surface area contributed by atoms with Crippen molar-refractivity contribution in [1.82, 2.24) is 5.32 Å². The summed E-state index contributed by atoms with van der Waals surface area (Å²) < 4.78 is 0. The fourth-order valence-electron chi connectivity index (χ4n) is 1.24. The first-order valence-corrected chi connectivity index (χ1v) is 4.95. The van der Waals surface area contributed by atoms with Crippen LogP contribution in [0.1, 0.15) is 12.5 Å². The van der Waals surface area contributed by atoms with Crippen molar-refractivity contribution in [2.75, 3.05) is 12.3 Å². The van der Waals surface area contributed by atoms with Gasteiger partial charge >= 0.3 is 0 Å². The first kappa shape index (κ1) is 12.7. The van der Waals surface area contributed by atoms with E-state index < -0.39 is 4.92 Å². The number of anilines is 1. The normalized spacial score (nSPS) is 10.4. The molecule has 0 spiro atoms. The molecular formula is C11H13N3O3. The molecule has 1 aromatic carbocycles. The number of nitrogens with one attached hydrogen (secondary N) is 1. The molecule has 0 aliphatic rings. The molecule has 0 saturated carbocycles. The van der Waals surface area contributed by atoms with Crippen LogP contribution in [0.3, 0.4) is 0 Å². The molecular weight excluding hydrogens is 222 g/mol. The monoisotopic (exact) mass is 235 g/mol. The fraction of sp³-hybridized carbons (Fsp3) is 0.182. The van der Waals surface area contributed by atoms with Crippen molar-refractivity contribution in [2.45, 2.75) is 6.92 Å². The first-order chi connectivity index (χ1) is 8.00. The average molecular weight is 235 g/mol. The number of rotatable bonds is 4. The zero-order valence-corrected chi connectivity index (χ0v) is 9.34. The number of hydrogen-bond donors (Lipinski definition) is 2. The van der Waals surface area contributed by atoms with E-state index in [9.17, 15) is 14.9 Å². The highest BCUT2D eigenvalue weighted by Gasteiger charge is 2.09. The molecule has 0 aliphatic heterocycles. The van der Waals surface area contributed by atoms with Crippen molar-refractivity contribution >= 4 is 23.4 Å². The summed E-state index contributed by atoms with van der Waals surface area (Å²) in [6.45, 7) is 1.84. The standard InChI is InChI=1S/C11H13N3O3/c1-8(15)13-6-2-3-9-4-5-11(14(16)17)10(12)7-9/h2-5,7H,6,12H2,1H3,(H,13,15). The molecule has 0 fully saturated rings. The molecule has 1 rings (SSSR count). The minimum atomic E-state index is -0.528. The van der Waals surface area contributed by atoms with E-state index in [1.807, 2.05) is 0 Å². The fourth-order valence-corrected chi connectivity index (χ4v) is 1.24. The molecule has 3 N–H and O–H groups in total. The summed E-state index contributed by atoms with van der Waals surface area (Å²) in [5.74, 6) is -0.113. The number of carbonyl (C=O) groups is 1. The quantitative estimate of drug-likeness (QED) is 0.467. The minimum absolute atomic E-state index is 0.107. The molecule has 0 unspecified atom stereocenters. The molecule has 1 amide bonds. The molecule has 0 saturated heterocycles. The number of amides is 1. The Hall–Kier alpha value is -2.37. The van der Waals surface area contributed by atoms with Gasteiger partial charge in [-0.15, -0.1) is 0 Å². The Morgan fingerprint density at radius 3 is 2.82 bits per heavy atom.